The van der Waals surface area contributed by atoms with Crippen LogP contribution in [0.4, 0.5) is 0 Å². The zero-order valence-corrected chi connectivity index (χ0v) is 17.2. The maximum absolute atomic E-state index is 13.0. The molecule has 0 aliphatic rings. The van der Waals surface area contributed by atoms with Gasteiger partial charge in [-0.15, -0.1) is 11.3 Å². The molecular weight excluding hydrogens is 404 g/mol. The molecule has 2 heterocycles. The molecule has 0 aliphatic carbocycles. The molecule has 0 aliphatic heterocycles. The third-order valence-electron chi connectivity index (χ3n) is 4.28. The van der Waals surface area contributed by atoms with Gasteiger partial charge in [0.2, 0.25) is 11.2 Å². The van der Waals surface area contributed by atoms with Crippen LogP contribution in [0, 0.1) is 6.92 Å². The van der Waals surface area contributed by atoms with Crippen LogP contribution in [0.15, 0.2) is 69.2 Å². The van der Waals surface area contributed by atoms with E-state index in [0.29, 0.717) is 45.5 Å². The summed E-state index contributed by atoms with van der Waals surface area (Å²) in [6.07, 6.45) is 0. The Balaban J connectivity index is 1.67. The zero-order valence-electron chi connectivity index (χ0n) is 16.3. The van der Waals surface area contributed by atoms with Gasteiger partial charge in [0.1, 0.15) is 22.0 Å². The number of esters is 1. The molecule has 0 N–H and O–H groups in total. The normalized spacial score (nSPS) is 10.7. The number of para-hydroxylation sites is 2. The van der Waals surface area contributed by atoms with E-state index in [0.717, 1.165) is 0 Å². The fourth-order valence-electron chi connectivity index (χ4n) is 2.92. The molecule has 0 radical (unpaired) electrons. The summed E-state index contributed by atoms with van der Waals surface area (Å²) < 4.78 is 22.6. The maximum atomic E-state index is 13.0. The van der Waals surface area contributed by atoms with Crippen molar-refractivity contribution in [2.24, 2.45) is 0 Å². The van der Waals surface area contributed by atoms with Gasteiger partial charge >= 0.3 is 5.97 Å². The van der Waals surface area contributed by atoms with E-state index in [1.165, 1.54) is 17.4 Å². The predicted molar refractivity (Wildman–Crippen MR) is 114 cm³/mol. The van der Waals surface area contributed by atoms with Gasteiger partial charge in [-0.1, -0.05) is 18.2 Å². The molecule has 0 saturated carbocycles. The van der Waals surface area contributed by atoms with Crippen LogP contribution >= 0.6 is 11.3 Å². The summed E-state index contributed by atoms with van der Waals surface area (Å²) in [6, 6.07) is 15.2. The molecule has 152 valence electrons. The first kappa shape index (κ1) is 19.7. The molecule has 4 rings (SSSR count). The number of ether oxygens (including phenoxy) is 3. The molecule has 7 heteroatoms. The first-order chi connectivity index (χ1) is 14.6. The van der Waals surface area contributed by atoms with Crippen molar-refractivity contribution in [2.45, 2.75) is 13.8 Å². The monoisotopic (exact) mass is 422 g/mol. The zero-order chi connectivity index (χ0) is 21.1. The average molecular weight is 422 g/mol. The highest BCUT2D eigenvalue weighted by Crippen LogP contribution is 2.33. The molecule has 0 saturated heterocycles. The van der Waals surface area contributed by atoms with Crippen LogP contribution in [0.1, 0.15) is 22.4 Å². The van der Waals surface area contributed by atoms with E-state index < -0.39 is 5.97 Å². The van der Waals surface area contributed by atoms with Crippen LogP contribution < -0.4 is 19.6 Å². The Morgan fingerprint density at radius 2 is 1.87 bits per heavy atom. The number of hydrogen-bond donors (Lipinski definition) is 0. The number of rotatable bonds is 6. The number of aryl methyl sites for hydroxylation is 1. The molecule has 0 fully saturated rings. The van der Waals surface area contributed by atoms with Crippen LogP contribution in [-0.2, 0) is 0 Å². The highest BCUT2D eigenvalue weighted by molar-refractivity contribution is 7.12. The van der Waals surface area contributed by atoms with Crippen LogP contribution in [0.3, 0.4) is 0 Å². The summed E-state index contributed by atoms with van der Waals surface area (Å²) >= 11 is 1.29. The molecule has 0 bridgehead atoms. The summed E-state index contributed by atoms with van der Waals surface area (Å²) in [4.78, 5) is 25.7. The predicted octanol–water partition coefficient (Wildman–Crippen LogP) is 5.57. The topological polar surface area (TPSA) is 75.0 Å². The van der Waals surface area contributed by atoms with Gasteiger partial charge in [0.25, 0.3) is 0 Å². The molecule has 6 nitrogen and oxygen atoms in total. The third kappa shape index (κ3) is 3.92. The van der Waals surface area contributed by atoms with Crippen molar-refractivity contribution < 1.29 is 23.4 Å². The largest absolute Gasteiger partial charge is 0.490 e. The fourth-order valence-corrected chi connectivity index (χ4v) is 3.52. The van der Waals surface area contributed by atoms with E-state index in [9.17, 15) is 9.59 Å². The average Bonchev–Trinajstić information content (AvgIpc) is 3.27. The Morgan fingerprint density at radius 1 is 1.07 bits per heavy atom. The molecule has 0 unspecified atom stereocenters. The van der Waals surface area contributed by atoms with Gasteiger partial charge in [-0.3, -0.25) is 4.79 Å². The summed E-state index contributed by atoms with van der Waals surface area (Å²) in [6.45, 7) is 3.98. The van der Waals surface area contributed by atoms with Gasteiger partial charge in [-0.05, 0) is 49.6 Å². The van der Waals surface area contributed by atoms with E-state index in [1.54, 1.807) is 54.8 Å². The lowest BCUT2D eigenvalue weighted by atomic mass is 10.2. The van der Waals surface area contributed by atoms with Crippen molar-refractivity contribution in [3.63, 3.8) is 0 Å². The Morgan fingerprint density at radius 3 is 2.60 bits per heavy atom. The fraction of sp³-hybridized carbons (Fsp3) is 0.130. The van der Waals surface area contributed by atoms with Crippen LogP contribution in [0.2, 0.25) is 0 Å². The number of thiophene rings is 1. The van der Waals surface area contributed by atoms with Crippen molar-refractivity contribution in [3.8, 4) is 23.0 Å². The van der Waals surface area contributed by atoms with Crippen LogP contribution in [0.25, 0.3) is 11.0 Å². The highest BCUT2D eigenvalue weighted by atomic mass is 32.1. The van der Waals surface area contributed by atoms with Gasteiger partial charge in [-0.25, -0.2) is 4.79 Å². The van der Waals surface area contributed by atoms with Crippen molar-refractivity contribution in [3.05, 3.63) is 80.8 Å². The number of carbonyl (C=O) groups is 1. The Hall–Kier alpha value is -3.58. The highest BCUT2D eigenvalue weighted by Gasteiger charge is 2.17. The summed E-state index contributed by atoms with van der Waals surface area (Å²) in [5.41, 5.74) is -0.0180. The third-order valence-corrected chi connectivity index (χ3v) is 5.13. The van der Waals surface area contributed by atoms with Gasteiger partial charge in [0.05, 0.1) is 12.0 Å². The summed E-state index contributed by atoms with van der Waals surface area (Å²) in [5.74, 6) is 1.18. The Bertz CT molecular complexity index is 1260. The molecule has 2 aromatic carbocycles. The molecule has 0 spiro atoms. The van der Waals surface area contributed by atoms with E-state index in [-0.39, 0.29) is 11.2 Å². The minimum absolute atomic E-state index is 0.0815. The van der Waals surface area contributed by atoms with Gasteiger partial charge in [0.15, 0.2) is 11.5 Å². The second-order valence-corrected chi connectivity index (χ2v) is 7.27. The second-order valence-electron chi connectivity index (χ2n) is 6.32. The lowest BCUT2D eigenvalue weighted by Gasteiger charge is -2.12. The first-order valence-corrected chi connectivity index (χ1v) is 10.2. The van der Waals surface area contributed by atoms with Crippen molar-refractivity contribution >= 4 is 28.3 Å². The van der Waals surface area contributed by atoms with Crippen LogP contribution in [0.5, 0.6) is 23.0 Å². The van der Waals surface area contributed by atoms with E-state index in [4.69, 9.17) is 18.6 Å². The van der Waals surface area contributed by atoms with Gasteiger partial charge in [0, 0.05) is 6.07 Å². The van der Waals surface area contributed by atoms with E-state index in [1.807, 2.05) is 13.0 Å². The van der Waals surface area contributed by atoms with Gasteiger partial charge in [-0.2, -0.15) is 0 Å². The molecule has 0 amide bonds. The van der Waals surface area contributed by atoms with Crippen molar-refractivity contribution in [2.75, 3.05) is 6.61 Å². The van der Waals surface area contributed by atoms with Crippen LogP contribution in [-0.4, -0.2) is 12.6 Å². The minimum atomic E-state index is -0.462. The first-order valence-electron chi connectivity index (χ1n) is 9.29. The second kappa shape index (κ2) is 8.42. The summed E-state index contributed by atoms with van der Waals surface area (Å²) in [7, 11) is 0. The standard InChI is InChI=1S/C23H18O6S/c1-3-26-17-7-4-5-8-18(17)29-22-14(2)27-19-13-15(10-11-16(19)21(22)24)28-23(25)20-9-6-12-30-20/h4-13H,3H2,1-2H3. The van der Waals surface area contributed by atoms with E-state index >= 15 is 0 Å². The maximum Gasteiger partial charge on any atom is 0.353 e. The quantitative estimate of drug-likeness (QED) is 0.299. The molecule has 2 aromatic heterocycles. The number of fused-ring (bicyclic) bond motifs is 1. The molecule has 0 atom stereocenters. The van der Waals surface area contributed by atoms with E-state index in [2.05, 4.69) is 0 Å². The lowest BCUT2D eigenvalue weighted by Crippen LogP contribution is -2.09. The minimum Gasteiger partial charge on any atom is -0.490 e. The number of benzene rings is 2. The van der Waals surface area contributed by atoms with Gasteiger partial charge < -0.3 is 18.6 Å². The smallest absolute Gasteiger partial charge is 0.353 e. The lowest BCUT2D eigenvalue weighted by molar-refractivity contribution is 0.0740. The summed E-state index contributed by atoms with van der Waals surface area (Å²) in [5, 5.41) is 2.12. The molecule has 4 aromatic rings. The molecular formula is C23H18O6S. The Labute approximate surface area is 176 Å². The van der Waals surface area contributed by atoms with Crippen molar-refractivity contribution in [1.29, 1.82) is 0 Å². The number of hydrogen-bond acceptors (Lipinski definition) is 7. The SMILES string of the molecule is CCOc1ccccc1Oc1c(C)oc2cc(OC(=O)c3cccs3)ccc2c1=O. The molecule has 30 heavy (non-hydrogen) atoms. The Kier molecular flexibility index (Phi) is 5.54. The van der Waals surface area contributed by atoms with Crippen molar-refractivity contribution in [1.82, 2.24) is 0 Å². The number of carbonyl (C=O) groups excluding carboxylic acids is 1.